The van der Waals surface area contributed by atoms with Gasteiger partial charge >= 0.3 is 0 Å². The first-order valence-electron chi connectivity index (χ1n) is 4.92. The van der Waals surface area contributed by atoms with Gasteiger partial charge in [-0.1, -0.05) is 15.9 Å². The van der Waals surface area contributed by atoms with Crippen LogP contribution in [-0.4, -0.2) is 12.5 Å². The van der Waals surface area contributed by atoms with E-state index in [9.17, 15) is 4.79 Å². The Hall–Kier alpha value is -1.80. The van der Waals surface area contributed by atoms with Gasteiger partial charge in [-0.25, -0.2) is 0 Å². The van der Waals surface area contributed by atoms with Crippen molar-refractivity contribution >= 4 is 27.9 Å². The smallest absolute Gasteiger partial charge is 0.259 e. The van der Waals surface area contributed by atoms with Crippen molar-refractivity contribution in [3.8, 4) is 11.8 Å². The molecule has 0 fully saturated rings. The third-order valence-corrected chi connectivity index (χ3v) is 2.45. The average Bonchev–Trinajstić information content (AvgIpc) is 2.29. The van der Waals surface area contributed by atoms with Gasteiger partial charge in [-0.3, -0.25) is 4.79 Å². The van der Waals surface area contributed by atoms with Crippen molar-refractivity contribution < 1.29 is 9.53 Å². The van der Waals surface area contributed by atoms with Crippen LogP contribution < -0.4 is 10.5 Å². The van der Waals surface area contributed by atoms with E-state index in [2.05, 4.69) is 15.9 Å². The van der Waals surface area contributed by atoms with E-state index in [-0.39, 0.29) is 5.57 Å². The molecule has 4 nitrogen and oxygen atoms in total. The topological polar surface area (TPSA) is 76.1 Å². The molecule has 0 atom stereocenters. The summed E-state index contributed by atoms with van der Waals surface area (Å²) in [5.74, 6) is -0.153. The summed E-state index contributed by atoms with van der Waals surface area (Å²) in [7, 11) is 0. The van der Waals surface area contributed by atoms with Gasteiger partial charge in [0.05, 0.1) is 6.61 Å². The van der Waals surface area contributed by atoms with Crippen LogP contribution in [0.4, 0.5) is 0 Å². The molecule has 1 aromatic rings. The number of nitrogens with two attached hydrogens (primary N) is 1. The molecule has 0 aliphatic heterocycles. The van der Waals surface area contributed by atoms with Crippen LogP contribution in [0.15, 0.2) is 28.2 Å². The number of nitriles is 1. The Morgan fingerprint density at radius 2 is 2.35 bits per heavy atom. The molecule has 17 heavy (non-hydrogen) atoms. The van der Waals surface area contributed by atoms with E-state index < -0.39 is 5.91 Å². The molecule has 0 saturated carbocycles. The average molecular weight is 295 g/mol. The molecule has 0 bridgehead atoms. The Morgan fingerprint density at radius 3 is 2.88 bits per heavy atom. The van der Waals surface area contributed by atoms with Gasteiger partial charge in [0.15, 0.2) is 0 Å². The summed E-state index contributed by atoms with van der Waals surface area (Å²) in [6.07, 6.45) is 1.41. The molecule has 1 rings (SSSR count). The van der Waals surface area contributed by atoms with E-state index in [1.807, 2.05) is 13.0 Å². The molecule has 0 heterocycles. The van der Waals surface area contributed by atoms with Crippen LogP contribution in [0.25, 0.3) is 6.08 Å². The van der Waals surface area contributed by atoms with Crippen LogP contribution in [-0.2, 0) is 4.79 Å². The van der Waals surface area contributed by atoms with Crippen LogP contribution >= 0.6 is 15.9 Å². The number of benzene rings is 1. The zero-order valence-corrected chi connectivity index (χ0v) is 10.8. The molecular formula is C12H11BrN2O2. The molecule has 1 amide bonds. The quantitative estimate of drug-likeness (QED) is 0.683. The van der Waals surface area contributed by atoms with Crippen molar-refractivity contribution in [2.24, 2.45) is 5.73 Å². The first-order valence-corrected chi connectivity index (χ1v) is 5.71. The van der Waals surface area contributed by atoms with Gasteiger partial charge in [0, 0.05) is 10.0 Å². The zero-order chi connectivity index (χ0) is 12.8. The number of halogens is 1. The van der Waals surface area contributed by atoms with Gasteiger partial charge in [0.1, 0.15) is 17.4 Å². The minimum absolute atomic E-state index is 0.107. The number of hydrogen-bond acceptors (Lipinski definition) is 3. The highest BCUT2D eigenvalue weighted by Gasteiger charge is 2.07. The Balaban J connectivity index is 3.24. The summed E-state index contributed by atoms with van der Waals surface area (Å²) >= 11 is 3.31. The molecule has 2 N–H and O–H groups in total. The maximum absolute atomic E-state index is 11.0. The largest absolute Gasteiger partial charge is 0.493 e. The molecule has 0 radical (unpaired) electrons. The molecule has 0 saturated heterocycles. The number of primary amides is 1. The molecule has 88 valence electrons. The van der Waals surface area contributed by atoms with Crippen molar-refractivity contribution in [2.45, 2.75) is 6.92 Å². The van der Waals surface area contributed by atoms with E-state index in [4.69, 9.17) is 15.7 Å². The lowest BCUT2D eigenvalue weighted by atomic mass is 10.1. The summed E-state index contributed by atoms with van der Waals surface area (Å²) < 4.78 is 6.22. The van der Waals surface area contributed by atoms with Gasteiger partial charge in [-0.05, 0) is 31.2 Å². The number of nitrogens with zero attached hydrogens (tertiary/aromatic N) is 1. The van der Waals surface area contributed by atoms with Gasteiger partial charge in [-0.15, -0.1) is 0 Å². The molecule has 0 aromatic heterocycles. The van der Waals surface area contributed by atoms with Crippen molar-refractivity contribution in [3.05, 3.63) is 33.8 Å². The summed E-state index contributed by atoms with van der Waals surface area (Å²) in [6, 6.07) is 7.09. The zero-order valence-electron chi connectivity index (χ0n) is 9.24. The number of amides is 1. The SMILES string of the molecule is CCOc1ccc(Br)cc1/C=C(\C#N)C(N)=O. The van der Waals surface area contributed by atoms with Crippen molar-refractivity contribution in [3.63, 3.8) is 0 Å². The second-order valence-electron chi connectivity index (χ2n) is 3.15. The van der Waals surface area contributed by atoms with E-state index in [1.165, 1.54) is 6.08 Å². The second-order valence-corrected chi connectivity index (χ2v) is 4.06. The van der Waals surface area contributed by atoms with E-state index in [0.29, 0.717) is 17.9 Å². The van der Waals surface area contributed by atoms with Gasteiger partial charge < -0.3 is 10.5 Å². The van der Waals surface area contributed by atoms with Crippen LogP contribution in [0.3, 0.4) is 0 Å². The van der Waals surface area contributed by atoms with Gasteiger partial charge in [0.2, 0.25) is 0 Å². The lowest BCUT2D eigenvalue weighted by Crippen LogP contribution is -2.12. The lowest BCUT2D eigenvalue weighted by molar-refractivity contribution is -0.114. The second kappa shape index (κ2) is 6.06. The molecule has 1 aromatic carbocycles. The van der Waals surface area contributed by atoms with Crippen LogP contribution in [0, 0.1) is 11.3 Å². The first-order chi connectivity index (χ1) is 8.08. The molecule has 0 spiro atoms. The standard InChI is InChI=1S/C12H11BrN2O2/c1-2-17-11-4-3-10(13)6-8(11)5-9(7-14)12(15)16/h3-6H,2H2,1H3,(H2,15,16)/b9-5+. The molecule has 0 unspecified atom stereocenters. The van der Waals surface area contributed by atoms with E-state index >= 15 is 0 Å². The van der Waals surface area contributed by atoms with Crippen LogP contribution in [0.1, 0.15) is 12.5 Å². The molecule has 0 aliphatic carbocycles. The van der Waals surface area contributed by atoms with Crippen LogP contribution in [0.2, 0.25) is 0 Å². The van der Waals surface area contributed by atoms with Crippen molar-refractivity contribution in [1.29, 1.82) is 5.26 Å². The van der Waals surface area contributed by atoms with Crippen molar-refractivity contribution in [1.82, 2.24) is 0 Å². The fraction of sp³-hybridized carbons (Fsp3) is 0.167. The first kappa shape index (κ1) is 13.3. The van der Waals surface area contributed by atoms with E-state index in [1.54, 1.807) is 18.2 Å². The lowest BCUT2D eigenvalue weighted by Gasteiger charge is -2.07. The predicted octanol–water partition coefficient (Wildman–Crippen LogP) is 2.24. The summed E-state index contributed by atoms with van der Waals surface area (Å²) in [5.41, 5.74) is 5.60. The number of carbonyl (C=O) groups is 1. The summed E-state index contributed by atoms with van der Waals surface area (Å²) in [5, 5.41) is 8.78. The minimum atomic E-state index is -0.755. The molecule has 0 aliphatic rings. The summed E-state index contributed by atoms with van der Waals surface area (Å²) in [4.78, 5) is 11.0. The Morgan fingerprint density at radius 1 is 1.65 bits per heavy atom. The monoisotopic (exact) mass is 294 g/mol. The predicted molar refractivity (Wildman–Crippen MR) is 68.1 cm³/mol. The minimum Gasteiger partial charge on any atom is -0.493 e. The highest BCUT2D eigenvalue weighted by atomic mass is 79.9. The number of carbonyl (C=O) groups excluding carboxylic acids is 1. The third kappa shape index (κ3) is 3.61. The Bertz CT molecular complexity index is 504. The third-order valence-electron chi connectivity index (χ3n) is 1.96. The number of ether oxygens (including phenoxy) is 1. The Kier molecular flexibility index (Phi) is 4.73. The molecular weight excluding hydrogens is 284 g/mol. The van der Waals surface area contributed by atoms with Gasteiger partial charge in [0.25, 0.3) is 5.91 Å². The van der Waals surface area contributed by atoms with Crippen LogP contribution in [0.5, 0.6) is 5.75 Å². The fourth-order valence-corrected chi connectivity index (χ4v) is 1.61. The van der Waals surface area contributed by atoms with E-state index in [0.717, 1.165) is 4.47 Å². The Labute approximate surface area is 108 Å². The maximum atomic E-state index is 11.0. The molecule has 5 heteroatoms. The maximum Gasteiger partial charge on any atom is 0.259 e. The summed E-state index contributed by atoms with van der Waals surface area (Å²) in [6.45, 7) is 2.36. The number of hydrogen-bond donors (Lipinski definition) is 1. The normalized spacial score (nSPS) is 10.8. The number of rotatable bonds is 4. The highest BCUT2D eigenvalue weighted by Crippen LogP contribution is 2.25. The van der Waals surface area contributed by atoms with Gasteiger partial charge in [-0.2, -0.15) is 5.26 Å². The van der Waals surface area contributed by atoms with Crippen molar-refractivity contribution in [2.75, 3.05) is 6.61 Å². The fourth-order valence-electron chi connectivity index (χ4n) is 1.23. The highest BCUT2D eigenvalue weighted by molar-refractivity contribution is 9.10.